The smallest absolute Gasteiger partial charge is 0.264 e. The first-order valence-corrected chi connectivity index (χ1v) is 14.6. The molecule has 0 spiro atoms. The molecule has 0 radical (unpaired) electrons. The molecule has 0 aliphatic heterocycles. The fourth-order valence-electron chi connectivity index (χ4n) is 4.58. The van der Waals surface area contributed by atoms with E-state index < -0.39 is 40.2 Å². The maximum absolute atomic E-state index is 14.2. The molecule has 1 N–H and O–H groups in total. The van der Waals surface area contributed by atoms with Crippen molar-refractivity contribution >= 4 is 27.5 Å². The fourth-order valence-corrected chi connectivity index (χ4v) is 6.08. The van der Waals surface area contributed by atoms with E-state index in [2.05, 4.69) is 5.32 Å². The van der Waals surface area contributed by atoms with Gasteiger partial charge >= 0.3 is 0 Å². The van der Waals surface area contributed by atoms with Crippen molar-refractivity contribution in [2.24, 2.45) is 0 Å². The van der Waals surface area contributed by atoms with E-state index >= 15 is 0 Å². The average Bonchev–Trinajstić information content (AvgIpc) is 2.99. The van der Waals surface area contributed by atoms with Crippen LogP contribution in [0.2, 0.25) is 0 Å². The van der Waals surface area contributed by atoms with E-state index in [9.17, 15) is 22.4 Å². The Labute approximate surface area is 240 Å². The lowest BCUT2D eigenvalue weighted by atomic mass is 10.0. The number of halogens is 1. The predicted molar refractivity (Wildman–Crippen MR) is 157 cm³/mol. The molecule has 0 saturated carbocycles. The van der Waals surface area contributed by atoms with Crippen LogP contribution in [0.5, 0.6) is 0 Å². The molecule has 41 heavy (non-hydrogen) atoms. The number of likely N-dealkylation sites (N-methyl/N-ethyl adjacent to an activating group) is 1. The summed E-state index contributed by atoms with van der Waals surface area (Å²) in [7, 11) is -2.67. The molecule has 0 heterocycles. The van der Waals surface area contributed by atoms with Gasteiger partial charge in [-0.05, 0) is 53.9 Å². The van der Waals surface area contributed by atoms with Gasteiger partial charge in [-0.1, -0.05) is 78.9 Å². The van der Waals surface area contributed by atoms with Gasteiger partial charge in [-0.15, -0.1) is 0 Å². The highest BCUT2D eigenvalue weighted by Crippen LogP contribution is 2.27. The van der Waals surface area contributed by atoms with Gasteiger partial charge in [-0.3, -0.25) is 13.9 Å². The molecule has 0 aliphatic rings. The Morgan fingerprint density at radius 1 is 0.805 bits per heavy atom. The number of rotatable bonds is 11. The quantitative estimate of drug-likeness (QED) is 0.282. The summed E-state index contributed by atoms with van der Waals surface area (Å²) in [4.78, 5) is 28.8. The van der Waals surface area contributed by atoms with Crippen molar-refractivity contribution in [1.29, 1.82) is 0 Å². The topological polar surface area (TPSA) is 86.8 Å². The molecule has 4 aromatic carbocycles. The zero-order chi connectivity index (χ0) is 29.4. The lowest BCUT2D eigenvalue weighted by Crippen LogP contribution is -2.53. The normalized spacial score (nSPS) is 11.9. The average molecular weight is 574 g/mol. The number of amides is 2. The summed E-state index contributed by atoms with van der Waals surface area (Å²) in [5.74, 6) is -1.42. The number of sulfonamides is 1. The third-order valence-electron chi connectivity index (χ3n) is 6.78. The minimum atomic E-state index is -4.16. The maximum Gasteiger partial charge on any atom is 0.264 e. The number of anilines is 1. The molecule has 4 aromatic rings. The predicted octanol–water partition coefficient (Wildman–Crippen LogP) is 4.72. The lowest BCUT2D eigenvalue weighted by Gasteiger charge is -2.34. The van der Waals surface area contributed by atoms with Crippen LogP contribution in [0.25, 0.3) is 0 Å². The number of aryl methyl sites for hydroxylation is 1. The summed E-state index contributed by atoms with van der Waals surface area (Å²) in [6.07, 6.45) is 0.198. The summed E-state index contributed by atoms with van der Waals surface area (Å²) in [6, 6.07) is 28.8. The van der Waals surface area contributed by atoms with E-state index in [4.69, 9.17) is 0 Å². The van der Waals surface area contributed by atoms with Gasteiger partial charge < -0.3 is 10.2 Å². The second kappa shape index (κ2) is 13.2. The Hall–Kier alpha value is -4.50. The summed E-state index contributed by atoms with van der Waals surface area (Å²) in [5.41, 5.74) is 2.43. The maximum atomic E-state index is 14.2. The number of hydrogen-bond donors (Lipinski definition) is 1. The van der Waals surface area contributed by atoms with Gasteiger partial charge in [0.15, 0.2) is 0 Å². The highest BCUT2D eigenvalue weighted by Gasteiger charge is 2.34. The van der Waals surface area contributed by atoms with Gasteiger partial charge in [-0.25, -0.2) is 12.8 Å². The Bertz CT molecular complexity index is 1580. The zero-order valence-electron chi connectivity index (χ0n) is 22.9. The van der Waals surface area contributed by atoms with E-state index in [-0.39, 0.29) is 17.9 Å². The zero-order valence-corrected chi connectivity index (χ0v) is 23.7. The molecule has 1 atom stereocenters. The van der Waals surface area contributed by atoms with Crippen LogP contribution in [-0.4, -0.2) is 44.8 Å². The van der Waals surface area contributed by atoms with Gasteiger partial charge in [0.25, 0.3) is 10.0 Å². The van der Waals surface area contributed by atoms with Crippen molar-refractivity contribution < 1.29 is 22.4 Å². The summed E-state index contributed by atoms with van der Waals surface area (Å²) in [6.45, 7) is 1.19. The highest BCUT2D eigenvalue weighted by atomic mass is 32.2. The van der Waals surface area contributed by atoms with Gasteiger partial charge in [-0.2, -0.15) is 0 Å². The second-order valence-electron chi connectivity index (χ2n) is 9.58. The molecule has 0 aromatic heterocycles. The van der Waals surface area contributed by atoms with Crippen LogP contribution >= 0.6 is 0 Å². The third kappa shape index (κ3) is 7.18. The molecule has 0 bridgehead atoms. The van der Waals surface area contributed by atoms with E-state index in [0.29, 0.717) is 16.8 Å². The molecule has 0 aliphatic carbocycles. The van der Waals surface area contributed by atoms with E-state index in [1.165, 1.54) is 36.2 Å². The molecule has 9 heteroatoms. The summed E-state index contributed by atoms with van der Waals surface area (Å²) in [5, 5.41) is 2.64. The van der Waals surface area contributed by atoms with Crippen molar-refractivity contribution in [1.82, 2.24) is 10.2 Å². The van der Waals surface area contributed by atoms with Crippen molar-refractivity contribution in [3.63, 3.8) is 0 Å². The first-order valence-electron chi connectivity index (χ1n) is 13.1. The van der Waals surface area contributed by atoms with Crippen LogP contribution < -0.4 is 9.62 Å². The third-order valence-corrected chi connectivity index (χ3v) is 8.55. The van der Waals surface area contributed by atoms with E-state index in [1.807, 2.05) is 30.3 Å². The number of hydrogen-bond acceptors (Lipinski definition) is 4. The van der Waals surface area contributed by atoms with E-state index in [1.54, 1.807) is 61.5 Å². The Balaban J connectivity index is 1.78. The Morgan fingerprint density at radius 2 is 1.39 bits per heavy atom. The van der Waals surface area contributed by atoms with Crippen molar-refractivity contribution in [3.05, 3.63) is 132 Å². The SMILES string of the molecule is CNC(=O)[C@H](Cc1ccccc1)N(Cc1ccc(F)cc1)C(=O)CN(c1ccccc1C)S(=O)(=O)c1ccccc1. The van der Waals surface area contributed by atoms with Crippen molar-refractivity contribution in [2.75, 3.05) is 17.9 Å². The molecule has 212 valence electrons. The number of benzene rings is 4. The molecule has 7 nitrogen and oxygen atoms in total. The second-order valence-corrected chi connectivity index (χ2v) is 11.4. The number of carbonyl (C=O) groups excluding carboxylic acids is 2. The number of nitrogens with zero attached hydrogens (tertiary/aromatic N) is 2. The van der Waals surface area contributed by atoms with Gasteiger partial charge in [0.05, 0.1) is 10.6 Å². The number of nitrogens with one attached hydrogen (secondary N) is 1. The van der Waals surface area contributed by atoms with Crippen molar-refractivity contribution in [2.45, 2.75) is 30.8 Å². The minimum absolute atomic E-state index is 0.0307. The largest absolute Gasteiger partial charge is 0.357 e. The van der Waals surface area contributed by atoms with E-state index in [0.717, 1.165) is 9.87 Å². The summed E-state index contributed by atoms with van der Waals surface area (Å²) < 4.78 is 42.6. The van der Waals surface area contributed by atoms with Gasteiger partial charge in [0, 0.05) is 20.0 Å². The first-order chi connectivity index (χ1) is 19.7. The fraction of sp³-hybridized carbons (Fsp3) is 0.188. The monoisotopic (exact) mass is 573 g/mol. The molecule has 0 fully saturated rings. The molecule has 0 unspecified atom stereocenters. The summed E-state index contributed by atoms with van der Waals surface area (Å²) >= 11 is 0. The van der Waals surface area contributed by atoms with Gasteiger partial charge in [0.2, 0.25) is 11.8 Å². The molecule has 2 amide bonds. The van der Waals surface area contributed by atoms with Crippen LogP contribution in [0, 0.1) is 12.7 Å². The number of para-hydroxylation sites is 1. The lowest BCUT2D eigenvalue weighted by molar-refractivity contribution is -0.139. The molecular formula is C32H32FN3O4S. The van der Waals surface area contributed by atoms with Crippen LogP contribution in [0.3, 0.4) is 0 Å². The number of carbonyl (C=O) groups is 2. The first kappa shape index (κ1) is 29.5. The molecular weight excluding hydrogens is 541 g/mol. The molecule has 4 rings (SSSR count). The standard InChI is InChI=1S/C32H32FN3O4S/c1-24-11-9-10-16-29(24)36(41(39,40)28-14-7-4-8-15-28)23-31(37)35(22-26-17-19-27(33)20-18-26)30(32(38)34-2)21-25-12-5-3-6-13-25/h3-20,30H,21-23H2,1-2H3,(H,34,38)/t30-/m0/s1. The Kier molecular flexibility index (Phi) is 9.52. The van der Waals surface area contributed by atoms with Crippen LogP contribution in [0.4, 0.5) is 10.1 Å². The molecule has 0 saturated heterocycles. The van der Waals surface area contributed by atoms with Gasteiger partial charge in [0.1, 0.15) is 18.4 Å². The van der Waals surface area contributed by atoms with Crippen LogP contribution in [0.15, 0.2) is 114 Å². The van der Waals surface area contributed by atoms with Crippen LogP contribution in [0.1, 0.15) is 16.7 Å². The van der Waals surface area contributed by atoms with Crippen molar-refractivity contribution in [3.8, 4) is 0 Å². The minimum Gasteiger partial charge on any atom is -0.357 e. The highest BCUT2D eigenvalue weighted by molar-refractivity contribution is 7.92. The Morgan fingerprint density at radius 3 is 2.00 bits per heavy atom. The van der Waals surface area contributed by atoms with Crippen LogP contribution in [-0.2, 0) is 32.6 Å².